The van der Waals surface area contributed by atoms with Crippen LogP contribution in [0.25, 0.3) is 17.0 Å². The highest BCUT2D eigenvalue weighted by Gasteiger charge is 2.14. The van der Waals surface area contributed by atoms with E-state index in [2.05, 4.69) is 20.6 Å². The Kier molecular flexibility index (Phi) is 6.24. The lowest BCUT2D eigenvalue weighted by Gasteiger charge is -2.13. The molecule has 3 aromatic rings. The van der Waals surface area contributed by atoms with Crippen LogP contribution < -0.4 is 10.1 Å². The third-order valence-corrected chi connectivity index (χ3v) is 4.69. The molecule has 1 amide bonds. The van der Waals surface area contributed by atoms with Gasteiger partial charge in [0, 0.05) is 17.5 Å². The van der Waals surface area contributed by atoms with Crippen LogP contribution >= 0.6 is 11.6 Å². The third kappa shape index (κ3) is 4.36. The standard InChI is InChI=1S/C19H22ClN5O2/c1-3-13(4-2)19(26)21-11-12-27-17-10-9-16-22-23-18(25(16)24-17)14-7-5-6-8-15(14)20/h5-10,13H,3-4,11-12H2,1-2H3,(H,21,26). The summed E-state index contributed by atoms with van der Waals surface area (Å²) in [6, 6.07) is 10.9. The normalized spacial score (nSPS) is 11.1. The van der Waals surface area contributed by atoms with E-state index in [1.165, 1.54) is 0 Å². The van der Waals surface area contributed by atoms with Crippen LogP contribution in [0.5, 0.6) is 5.88 Å². The van der Waals surface area contributed by atoms with Gasteiger partial charge >= 0.3 is 0 Å². The second kappa shape index (κ2) is 8.81. The van der Waals surface area contributed by atoms with E-state index in [9.17, 15) is 4.79 Å². The molecule has 27 heavy (non-hydrogen) atoms. The van der Waals surface area contributed by atoms with Crippen LogP contribution in [-0.2, 0) is 4.79 Å². The number of halogens is 1. The molecule has 0 saturated heterocycles. The van der Waals surface area contributed by atoms with Crippen molar-refractivity contribution in [3.05, 3.63) is 41.4 Å². The minimum absolute atomic E-state index is 0.0506. The maximum atomic E-state index is 12.0. The number of rotatable bonds is 8. The van der Waals surface area contributed by atoms with Crippen LogP contribution in [0.3, 0.4) is 0 Å². The molecule has 0 fully saturated rings. The molecule has 1 aromatic carbocycles. The largest absolute Gasteiger partial charge is 0.475 e. The number of ether oxygens (including phenoxy) is 1. The van der Waals surface area contributed by atoms with Crippen LogP contribution in [0.15, 0.2) is 36.4 Å². The van der Waals surface area contributed by atoms with Gasteiger partial charge in [-0.1, -0.05) is 37.6 Å². The van der Waals surface area contributed by atoms with Crippen molar-refractivity contribution >= 4 is 23.2 Å². The first-order chi connectivity index (χ1) is 13.1. The summed E-state index contributed by atoms with van der Waals surface area (Å²) < 4.78 is 7.26. The Bertz CT molecular complexity index is 923. The molecular weight excluding hydrogens is 366 g/mol. The van der Waals surface area contributed by atoms with E-state index >= 15 is 0 Å². The number of aromatic nitrogens is 4. The maximum Gasteiger partial charge on any atom is 0.231 e. The lowest BCUT2D eigenvalue weighted by molar-refractivity contribution is -0.125. The Morgan fingerprint density at radius 2 is 1.96 bits per heavy atom. The molecule has 0 aliphatic heterocycles. The zero-order valence-corrected chi connectivity index (χ0v) is 16.1. The molecule has 8 heteroatoms. The highest BCUT2D eigenvalue weighted by molar-refractivity contribution is 6.33. The van der Waals surface area contributed by atoms with Gasteiger partial charge in [0.2, 0.25) is 11.8 Å². The number of hydrogen-bond donors (Lipinski definition) is 1. The molecule has 7 nitrogen and oxygen atoms in total. The molecule has 0 radical (unpaired) electrons. The van der Waals surface area contributed by atoms with Crippen LogP contribution in [0.4, 0.5) is 0 Å². The predicted octanol–water partition coefficient (Wildman–Crippen LogP) is 3.38. The molecule has 0 aliphatic rings. The zero-order chi connectivity index (χ0) is 19.2. The molecule has 0 bridgehead atoms. The van der Waals surface area contributed by atoms with Crippen LogP contribution in [0.2, 0.25) is 5.02 Å². The topological polar surface area (TPSA) is 81.4 Å². The van der Waals surface area contributed by atoms with Gasteiger partial charge in [-0.15, -0.1) is 15.3 Å². The average molecular weight is 388 g/mol. The van der Waals surface area contributed by atoms with E-state index in [4.69, 9.17) is 16.3 Å². The SMILES string of the molecule is CCC(CC)C(=O)NCCOc1ccc2nnc(-c3ccccc3Cl)n2n1. The van der Waals surface area contributed by atoms with Gasteiger partial charge in [-0.2, -0.15) is 4.52 Å². The smallest absolute Gasteiger partial charge is 0.231 e. The number of nitrogens with one attached hydrogen (secondary N) is 1. The molecule has 0 saturated carbocycles. The van der Waals surface area contributed by atoms with Crippen molar-refractivity contribution in [2.24, 2.45) is 5.92 Å². The van der Waals surface area contributed by atoms with Crippen LogP contribution in [0.1, 0.15) is 26.7 Å². The van der Waals surface area contributed by atoms with Crippen LogP contribution in [-0.4, -0.2) is 38.9 Å². The Morgan fingerprint density at radius 3 is 2.70 bits per heavy atom. The molecule has 3 rings (SSSR count). The second-order valence-electron chi connectivity index (χ2n) is 6.10. The summed E-state index contributed by atoms with van der Waals surface area (Å²) in [6.07, 6.45) is 1.67. The highest BCUT2D eigenvalue weighted by atomic mass is 35.5. The van der Waals surface area contributed by atoms with Gasteiger partial charge in [0.05, 0.1) is 11.6 Å². The van der Waals surface area contributed by atoms with Gasteiger partial charge < -0.3 is 10.1 Å². The van der Waals surface area contributed by atoms with E-state index in [0.717, 1.165) is 18.4 Å². The fraction of sp³-hybridized carbons (Fsp3) is 0.368. The highest BCUT2D eigenvalue weighted by Crippen LogP contribution is 2.26. The maximum absolute atomic E-state index is 12.0. The number of fused-ring (bicyclic) bond motifs is 1. The van der Waals surface area contributed by atoms with Gasteiger partial charge in [0.1, 0.15) is 6.61 Å². The molecule has 0 atom stereocenters. The molecule has 142 valence electrons. The van der Waals surface area contributed by atoms with Crippen molar-refractivity contribution in [2.45, 2.75) is 26.7 Å². The molecule has 2 aromatic heterocycles. The molecule has 0 aliphatic carbocycles. The first-order valence-corrected chi connectivity index (χ1v) is 9.39. The zero-order valence-electron chi connectivity index (χ0n) is 15.4. The summed E-state index contributed by atoms with van der Waals surface area (Å²) in [4.78, 5) is 12.0. The number of amides is 1. The summed E-state index contributed by atoms with van der Waals surface area (Å²) in [5, 5.41) is 16.2. The van der Waals surface area contributed by atoms with Gasteiger partial charge in [-0.05, 0) is 31.0 Å². The number of carbonyl (C=O) groups excluding carboxylic acids is 1. The lowest BCUT2D eigenvalue weighted by Crippen LogP contribution is -2.33. The molecule has 2 heterocycles. The van der Waals surface area contributed by atoms with Crippen molar-refractivity contribution in [1.29, 1.82) is 0 Å². The molecular formula is C19H22ClN5O2. The fourth-order valence-electron chi connectivity index (χ4n) is 2.79. The van der Waals surface area contributed by atoms with Gasteiger partial charge in [0.25, 0.3) is 0 Å². The van der Waals surface area contributed by atoms with Gasteiger partial charge in [-0.3, -0.25) is 4.79 Å². The first-order valence-electron chi connectivity index (χ1n) is 9.01. The Hall–Kier alpha value is -2.67. The van der Waals surface area contributed by atoms with Crippen molar-refractivity contribution < 1.29 is 9.53 Å². The quantitative estimate of drug-likeness (QED) is 0.599. The summed E-state index contributed by atoms with van der Waals surface area (Å²) in [5.41, 5.74) is 1.34. The second-order valence-corrected chi connectivity index (χ2v) is 6.51. The Morgan fingerprint density at radius 1 is 1.19 bits per heavy atom. The predicted molar refractivity (Wildman–Crippen MR) is 104 cm³/mol. The lowest BCUT2D eigenvalue weighted by atomic mass is 10.0. The van der Waals surface area contributed by atoms with Gasteiger partial charge in [-0.25, -0.2) is 0 Å². The number of carbonyl (C=O) groups is 1. The van der Waals surface area contributed by atoms with E-state index in [0.29, 0.717) is 35.5 Å². The monoisotopic (exact) mass is 387 g/mol. The molecule has 0 unspecified atom stereocenters. The fourth-order valence-corrected chi connectivity index (χ4v) is 3.01. The summed E-state index contributed by atoms with van der Waals surface area (Å²) in [5.74, 6) is 1.08. The summed E-state index contributed by atoms with van der Waals surface area (Å²) in [7, 11) is 0. The van der Waals surface area contributed by atoms with Crippen molar-refractivity contribution in [3.63, 3.8) is 0 Å². The summed E-state index contributed by atoms with van der Waals surface area (Å²) in [6.45, 7) is 4.78. The van der Waals surface area contributed by atoms with Crippen LogP contribution in [0, 0.1) is 5.92 Å². The average Bonchev–Trinajstić information content (AvgIpc) is 3.09. The molecule has 1 N–H and O–H groups in total. The Labute approximate surface area is 162 Å². The Balaban J connectivity index is 1.67. The minimum atomic E-state index is 0.0506. The first kappa shape index (κ1) is 19.1. The van der Waals surface area contributed by atoms with E-state index in [1.54, 1.807) is 22.7 Å². The van der Waals surface area contributed by atoms with Crippen molar-refractivity contribution in [1.82, 2.24) is 25.1 Å². The third-order valence-electron chi connectivity index (χ3n) is 4.36. The minimum Gasteiger partial charge on any atom is -0.475 e. The molecule has 0 spiro atoms. The number of benzene rings is 1. The van der Waals surface area contributed by atoms with E-state index in [-0.39, 0.29) is 11.8 Å². The van der Waals surface area contributed by atoms with Crippen molar-refractivity contribution in [3.8, 4) is 17.3 Å². The van der Waals surface area contributed by atoms with Crippen molar-refractivity contribution in [2.75, 3.05) is 13.2 Å². The number of hydrogen-bond acceptors (Lipinski definition) is 5. The summed E-state index contributed by atoms with van der Waals surface area (Å²) >= 11 is 6.26. The number of nitrogens with zero attached hydrogens (tertiary/aromatic N) is 4. The van der Waals surface area contributed by atoms with E-state index < -0.39 is 0 Å². The van der Waals surface area contributed by atoms with E-state index in [1.807, 2.05) is 32.0 Å². The van der Waals surface area contributed by atoms with Gasteiger partial charge in [0.15, 0.2) is 11.5 Å².